The topological polar surface area (TPSA) is 85.8 Å². The summed E-state index contributed by atoms with van der Waals surface area (Å²) in [6.45, 7) is 3.45. The number of unbranched alkanes of at least 4 members (excludes halogenated alkanes) is 3. The van der Waals surface area contributed by atoms with E-state index in [1.165, 1.54) is 18.4 Å². The first-order valence-electron chi connectivity index (χ1n) is 11.1. The highest BCUT2D eigenvalue weighted by Gasteiger charge is 2.23. The van der Waals surface area contributed by atoms with Gasteiger partial charge in [-0.15, -0.1) is 0 Å². The van der Waals surface area contributed by atoms with Gasteiger partial charge in [0.2, 0.25) is 0 Å². The lowest BCUT2D eigenvalue weighted by atomic mass is 10.1. The molecule has 2 heterocycles. The van der Waals surface area contributed by atoms with Crippen molar-refractivity contribution in [3.8, 4) is 0 Å². The third kappa shape index (κ3) is 4.53. The van der Waals surface area contributed by atoms with Gasteiger partial charge >= 0.3 is 0 Å². The van der Waals surface area contributed by atoms with E-state index in [4.69, 9.17) is 15.7 Å². The highest BCUT2D eigenvalue weighted by atomic mass is 16.1. The highest BCUT2D eigenvalue weighted by molar-refractivity contribution is 6.10. The molecule has 0 saturated heterocycles. The largest absolute Gasteiger partial charge is 0.384 e. The van der Waals surface area contributed by atoms with Gasteiger partial charge < -0.3 is 15.6 Å². The number of nitrogens with zero attached hydrogens (tertiary/aromatic N) is 3. The maximum atomic E-state index is 13.1. The zero-order valence-electron chi connectivity index (χ0n) is 18.0. The minimum atomic E-state index is -0.199. The molecule has 160 valence electrons. The number of amides is 1. The van der Waals surface area contributed by atoms with Crippen molar-refractivity contribution in [2.75, 3.05) is 12.3 Å². The van der Waals surface area contributed by atoms with Crippen molar-refractivity contribution in [2.24, 2.45) is 0 Å². The molecule has 0 saturated carbocycles. The van der Waals surface area contributed by atoms with Crippen LogP contribution in [0.1, 0.15) is 48.5 Å². The molecule has 0 fully saturated rings. The van der Waals surface area contributed by atoms with Gasteiger partial charge in [0, 0.05) is 13.1 Å². The number of aryl methyl sites for hydroxylation is 1. The molecule has 0 bridgehead atoms. The number of anilines is 1. The van der Waals surface area contributed by atoms with Crippen LogP contribution in [-0.2, 0) is 13.0 Å². The quantitative estimate of drug-likeness (QED) is 0.387. The van der Waals surface area contributed by atoms with Crippen LogP contribution in [0.3, 0.4) is 0 Å². The van der Waals surface area contributed by atoms with E-state index >= 15 is 0 Å². The van der Waals surface area contributed by atoms with Crippen LogP contribution in [-0.4, -0.2) is 27.0 Å². The Morgan fingerprint density at radius 1 is 0.968 bits per heavy atom. The Bertz CT molecular complexity index is 1180. The Hall–Kier alpha value is -3.41. The molecular weight excluding hydrogens is 386 g/mol. The molecule has 6 heteroatoms. The summed E-state index contributed by atoms with van der Waals surface area (Å²) < 4.78 is 1.95. The van der Waals surface area contributed by atoms with Crippen molar-refractivity contribution in [1.29, 1.82) is 0 Å². The first-order chi connectivity index (χ1) is 15.2. The average molecular weight is 416 g/mol. The molecule has 4 aromatic rings. The molecule has 4 rings (SSSR count). The number of nitrogen functional groups attached to an aromatic ring is 1. The van der Waals surface area contributed by atoms with E-state index < -0.39 is 0 Å². The smallest absolute Gasteiger partial charge is 0.257 e. The number of hydrogen-bond acceptors (Lipinski definition) is 4. The van der Waals surface area contributed by atoms with Crippen molar-refractivity contribution in [3.05, 3.63) is 65.7 Å². The number of nitrogens with two attached hydrogens (primary N) is 1. The predicted molar refractivity (Wildman–Crippen MR) is 126 cm³/mol. The van der Waals surface area contributed by atoms with Crippen LogP contribution in [0, 0.1) is 0 Å². The van der Waals surface area contributed by atoms with Gasteiger partial charge in [0.15, 0.2) is 5.65 Å². The number of benzene rings is 2. The summed E-state index contributed by atoms with van der Waals surface area (Å²) in [4.78, 5) is 22.7. The number of aromatic nitrogens is 3. The summed E-state index contributed by atoms with van der Waals surface area (Å²) >= 11 is 0. The number of hydrogen-bond donors (Lipinski definition) is 2. The van der Waals surface area contributed by atoms with E-state index in [0.717, 1.165) is 36.8 Å². The van der Waals surface area contributed by atoms with Gasteiger partial charge in [0.25, 0.3) is 5.91 Å². The van der Waals surface area contributed by atoms with E-state index in [-0.39, 0.29) is 5.91 Å². The summed E-state index contributed by atoms with van der Waals surface area (Å²) in [5.41, 5.74) is 10.9. The Balaban J connectivity index is 1.64. The summed E-state index contributed by atoms with van der Waals surface area (Å²) in [7, 11) is 0. The lowest BCUT2D eigenvalue weighted by Gasteiger charge is -2.08. The normalized spacial score (nSPS) is 11.3. The van der Waals surface area contributed by atoms with E-state index in [0.29, 0.717) is 29.1 Å². The van der Waals surface area contributed by atoms with Crippen molar-refractivity contribution in [1.82, 2.24) is 19.9 Å². The molecule has 6 nitrogen and oxygen atoms in total. The van der Waals surface area contributed by atoms with Gasteiger partial charge in [-0.1, -0.05) is 68.7 Å². The fraction of sp³-hybridized carbons (Fsp3) is 0.320. The zero-order valence-corrected chi connectivity index (χ0v) is 18.0. The second kappa shape index (κ2) is 9.60. The second-order valence-electron chi connectivity index (χ2n) is 7.85. The summed E-state index contributed by atoms with van der Waals surface area (Å²) in [5, 5.41) is 3.02. The van der Waals surface area contributed by atoms with Crippen LogP contribution in [0.15, 0.2) is 54.6 Å². The molecule has 31 heavy (non-hydrogen) atoms. The molecule has 2 aromatic carbocycles. The van der Waals surface area contributed by atoms with Gasteiger partial charge in [0.05, 0.1) is 11.0 Å². The van der Waals surface area contributed by atoms with Gasteiger partial charge in [-0.3, -0.25) is 4.79 Å². The SMILES string of the molecule is CCCCCCn1c(N)c(C(=O)NCCc2ccccc2)c2nc3ccccc3nc21. The summed E-state index contributed by atoms with van der Waals surface area (Å²) in [5.74, 6) is 0.245. The lowest BCUT2D eigenvalue weighted by molar-refractivity contribution is 0.0956. The number of rotatable bonds is 9. The number of carbonyl (C=O) groups is 1. The van der Waals surface area contributed by atoms with Crippen molar-refractivity contribution < 1.29 is 4.79 Å². The number of para-hydroxylation sites is 2. The van der Waals surface area contributed by atoms with Crippen LogP contribution in [0.4, 0.5) is 5.82 Å². The van der Waals surface area contributed by atoms with E-state index in [2.05, 4.69) is 24.4 Å². The first kappa shape index (κ1) is 20.8. The predicted octanol–water partition coefficient (Wildman–Crippen LogP) is 4.72. The lowest BCUT2D eigenvalue weighted by Crippen LogP contribution is -2.26. The number of fused-ring (bicyclic) bond motifs is 2. The minimum absolute atomic E-state index is 0.199. The van der Waals surface area contributed by atoms with Gasteiger partial charge in [-0.2, -0.15) is 0 Å². The van der Waals surface area contributed by atoms with Gasteiger partial charge in [-0.05, 0) is 30.5 Å². The van der Waals surface area contributed by atoms with E-state index in [1.807, 2.05) is 47.0 Å². The van der Waals surface area contributed by atoms with Crippen LogP contribution < -0.4 is 11.1 Å². The van der Waals surface area contributed by atoms with Gasteiger partial charge in [-0.25, -0.2) is 9.97 Å². The van der Waals surface area contributed by atoms with Crippen molar-refractivity contribution in [2.45, 2.75) is 45.6 Å². The molecular formula is C25H29N5O. The molecule has 1 amide bonds. The van der Waals surface area contributed by atoms with Crippen LogP contribution >= 0.6 is 0 Å². The molecule has 0 aliphatic rings. The first-order valence-corrected chi connectivity index (χ1v) is 11.1. The molecule has 0 unspecified atom stereocenters. The molecule has 3 N–H and O–H groups in total. The fourth-order valence-electron chi connectivity index (χ4n) is 3.92. The maximum Gasteiger partial charge on any atom is 0.257 e. The molecule has 0 aliphatic carbocycles. The van der Waals surface area contributed by atoms with E-state index in [1.54, 1.807) is 0 Å². The molecule has 0 atom stereocenters. The molecule has 2 aromatic heterocycles. The molecule has 0 aliphatic heterocycles. The average Bonchev–Trinajstić information content (AvgIpc) is 3.06. The fourth-order valence-corrected chi connectivity index (χ4v) is 3.92. The maximum absolute atomic E-state index is 13.1. The van der Waals surface area contributed by atoms with E-state index in [9.17, 15) is 4.79 Å². The number of nitrogens with one attached hydrogen (secondary N) is 1. The van der Waals surface area contributed by atoms with Crippen LogP contribution in [0.5, 0.6) is 0 Å². The van der Waals surface area contributed by atoms with Crippen LogP contribution in [0.2, 0.25) is 0 Å². The Morgan fingerprint density at radius 2 is 1.68 bits per heavy atom. The molecule has 0 spiro atoms. The highest BCUT2D eigenvalue weighted by Crippen LogP contribution is 2.28. The Kier molecular flexibility index (Phi) is 6.46. The molecule has 0 radical (unpaired) electrons. The Labute approximate surface area is 182 Å². The third-order valence-electron chi connectivity index (χ3n) is 5.60. The minimum Gasteiger partial charge on any atom is -0.384 e. The van der Waals surface area contributed by atoms with Crippen molar-refractivity contribution >= 4 is 33.9 Å². The van der Waals surface area contributed by atoms with Crippen molar-refractivity contribution in [3.63, 3.8) is 0 Å². The standard InChI is InChI=1S/C25H29N5O/c1-2-3-4-10-17-30-23(26)21(25(31)27-16-15-18-11-6-5-7-12-18)22-24(30)29-20-14-9-8-13-19(20)28-22/h5-9,11-14H,2-4,10,15-17,26H2,1H3,(H,27,31). The zero-order chi connectivity index (χ0) is 21.6. The van der Waals surface area contributed by atoms with Crippen LogP contribution in [0.25, 0.3) is 22.2 Å². The number of carbonyl (C=O) groups excluding carboxylic acids is 1. The second-order valence-corrected chi connectivity index (χ2v) is 7.85. The Morgan fingerprint density at radius 3 is 2.42 bits per heavy atom. The van der Waals surface area contributed by atoms with Gasteiger partial charge in [0.1, 0.15) is 16.9 Å². The summed E-state index contributed by atoms with van der Waals surface area (Å²) in [6.07, 6.45) is 5.22. The monoisotopic (exact) mass is 415 g/mol. The summed E-state index contributed by atoms with van der Waals surface area (Å²) in [6, 6.07) is 17.8. The third-order valence-corrected chi connectivity index (χ3v) is 5.60.